The number of benzene rings is 1. The molecule has 1 aliphatic carbocycles. The van der Waals surface area contributed by atoms with Crippen molar-refractivity contribution in [1.29, 1.82) is 0 Å². The average molecular weight is 280 g/mol. The molecule has 1 heterocycles. The molecule has 2 aliphatic rings. The predicted octanol–water partition coefficient (Wildman–Crippen LogP) is 1.20. The van der Waals surface area contributed by atoms with Crippen LogP contribution < -0.4 is 16.0 Å². The number of hydrogen-bond donors (Lipinski definition) is 3. The molecule has 1 aliphatic heterocycles. The van der Waals surface area contributed by atoms with E-state index in [2.05, 4.69) is 16.0 Å². The Kier molecular flexibility index (Phi) is 3.16. The van der Waals surface area contributed by atoms with E-state index in [1.807, 2.05) is 0 Å². The van der Waals surface area contributed by atoms with Gasteiger partial charge in [0.2, 0.25) is 11.8 Å². The summed E-state index contributed by atoms with van der Waals surface area (Å²) in [6.07, 6.45) is 2.10. The lowest BCUT2D eigenvalue weighted by molar-refractivity contribution is -0.121. The van der Waals surface area contributed by atoms with Gasteiger partial charge in [0, 0.05) is 22.3 Å². The highest BCUT2D eigenvalue weighted by Crippen LogP contribution is 2.32. The summed E-state index contributed by atoms with van der Waals surface area (Å²) in [5.74, 6) is -0.234. The van der Waals surface area contributed by atoms with Gasteiger partial charge in [0.15, 0.2) is 0 Å². The number of anilines is 1. The Hall–Kier alpha value is -1.59. The van der Waals surface area contributed by atoms with Crippen LogP contribution in [-0.2, 0) is 9.59 Å². The summed E-state index contributed by atoms with van der Waals surface area (Å²) in [5, 5.41) is 9.17. The minimum atomic E-state index is -0.515. The molecule has 0 aromatic heterocycles. The van der Waals surface area contributed by atoms with Crippen molar-refractivity contribution >= 4 is 29.1 Å². The first kappa shape index (κ1) is 12.4. The second-order valence-corrected chi connectivity index (χ2v) is 5.31. The highest BCUT2D eigenvalue weighted by atomic mass is 35.5. The maximum atomic E-state index is 11.8. The van der Waals surface area contributed by atoms with E-state index in [1.54, 1.807) is 18.2 Å². The molecule has 1 aromatic carbocycles. The summed E-state index contributed by atoms with van der Waals surface area (Å²) in [5.41, 5.74) is 1.53. The predicted molar refractivity (Wildman–Crippen MR) is 72.0 cm³/mol. The number of halogens is 1. The molecule has 0 spiro atoms. The fourth-order valence-electron chi connectivity index (χ4n) is 2.14. The number of nitrogens with one attached hydrogen (secondary N) is 3. The van der Waals surface area contributed by atoms with Crippen molar-refractivity contribution in [3.63, 3.8) is 0 Å². The first-order valence-corrected chi connectivity index (χ1v) is 6.64. The van der Waals surface area contributed by atoms with E-state index in [0.29, 0.717) is 11.1 Å². The highest BCUT2D eigenvalue weighted by molar-refractivity contribution is 6.31. The van der Waals surface area contributed by atoms with Gasteiger partial charge < -0.3 is 10.6 Å². The van der Waals surface area contributed by atoms with Crippen LogP contribution in [0.15, 0.2) is 18.2 Å². The molecule has 0 bridgehead atoms. The van der Waals surface area contributed by atoms with Gasteiger partial charge >= 0.3 is 0 Å². The molecule has 3 N–H and O–H groups in total. The molecule has 3 rings (SSSR count). The zero-order valence-corrected chi connectivity index (χ0v) is 11.0. The molecule has 19 heavy (non-hydrogen) atoms. The molecule has 1 saturated carbocycles. The van der Waals surface area contributed by atoms with Crippen molar-refractivity contribution in [2.45, 2.75) is 24.9 Å². The van der Waals surface area contributed by atoms with Gasteiger partial charge in [0.05, 0.1) is 6.54 Å². The SMILES string of the molecule is O=C(CNC1C(=O)Nc2ccc(Cl)cc21)NC1CC1. The van der Waals surface area contributed by atoms with Gasteiger partial charge in [-0.25, -0.2) is 0 Å². The van der Waals surface area contributed by atoms with Crippen LogP contribution in [0.1, 0.15) is 24.4 Å². The van der Waals surface area contributed by atoms with Crippen LogP contribution in [-0.4, -0.2) is 24.4 Å². The van der Waals surface area contributed by atoms with Crippen LogP contribution in [0, 0.1) is 0 Å². The standard InChI is InChI=1S/C13H14ClN3O2/c14-7-1-4-10-9(5-7)12(13(19)17-10)15-6-11(18)16-8-2-3-8/h1,4-5,8,12,15H,2-3,6H2,(H,16,18)(H,17,19). The molecule has 0 saturated heterocycles. The second-order valence-electron chi connectivity index (χ2n) is 4.88. The van der Waals surface area contributed by atoms with E-state index in [4.69, 9.17) is 11.6 Å². The summed E-state index contributed by atoms with van der Waals surface area (Å²) in [7, 11) is 0. The first-order chi connectivity index (χ1) is 9.13. The minimum absolute atomic E-state index is 0.0780. The number of carbonyl (C=O) groups is 2. The van der Waals surface area contributed by atoms with E-state index in [1.165, 1.54) is 0 Å². The van der Waals surface area contributed by atoms with E-state index in [9.17, 15) is 9.59 Å². The lowest BCUT2D eigenvalue weighted by Gasteiger charge is -2.11. The Balaban J connectivity index is 1.65. The lowest BCUT2D eigenvalue weighted by atomic mass is 10.1. The van der Waals surface area contributed by atoms with Gasteiger partial charge in [-0.1, -0.05) is 11.6 Å². The number of hydrogen-bond acceptors (Lipinski definition) is 3. The third-order valence-corrected chi connectivity index (χ3v) is 3.49. The van der Waals surface area contributed by atoms with Crippen molar-refractivity contribution in [2.24, 2.45) is 0 Å². The maximum Gasteiger partial charge on any atom is 0.246 e. The zero-order chi connectivity index (χ0) is 13.4. The van der Waals surface area contributed by atoms with Gasteiger partial charge in [-0.15, -0.1) is 0 Å². The largest absolute Gasteiger partial charge is 0.352 e. The monoisotopic (exact) mass is 279 g/mol. The van der Waals surface area contributed by atoms with E-state index < -0.39 is 6.04 Å². The van der Waals surface area contributed by atoms with E-state index >= 15 is 0 Å². The van der Waals surface area contributed by atoms with Crippen LogP contribution in [0.4, 0.5) is 5.69 Å². The number of fused-ring (bicyclic) bond motifs is 1. The summed E-state index contributed by atoms with van der Waals surface area (Å²) in [4.78, 5) is 23.4. The van der Waals surface area contributed by atoms with Crippen LogP contribution >= 0.6 is 11.6 Å². The second kappa shape index (κ2) is 4.83. The van der Waals surface area contributed by atoms with E-state index in [0.717, 1.165) is 24.1 Å². The zero-order valence-electron chi connectivity index (χ0n) is 10.2. The normalized spacial score (nSPS) is 20.9. The molecular formula is C13H14ClN3O2. The van der Waals surface area contributed by atoms with Crippen LogP contribution in [0.3, 0.4) is 0 Å². The summed E-state index contributed by atoms with van der Waals surface area (Å²) < 4.78 is 0. The van der Waals surface area contributed by atoms with Gasteiger partial charge in [-0.2, -0.15) is 0 Å². The highest BCUT2D eigenvalue weighted by Gasteiger charge is 2.31. The van der Waals surface area contributed by atoms with Crippen LogP contribution in [0.5, 0.6) is 0 Å². The molecule has 0 radical (unpaired) electrons. The number of amides is 2. The number of rotatable bonds is 4. The summed E-state index contributed by atoms with van der Waals surface area (Å²) >= 11 is 5.93. The third kappa shape index (κ3) is 2.72. The fraction of sp³-hybridized carbons (Fsp3) is 0.385. The fourth-order valence-corrected chi connectivity index (χ4v) is 2.32. The van der Waals surface area contributed by atoms with Crippen molar-refractivity contribution in [1.82, 2.24) is 10.6 Å². The van der Waals surface area contributed by atoms with Gasteiger partial charge in [-0.3, -0.25) is 14.9 Å². The van der Waals surface area contributed by atoms with Crippen LogP contribution in [0.25, 0.3) is 0 Å². The summed E-state index contributed by atoms with van der Waals surface area (Å²) in [6, 6.07) is 5.04. The molecule has 1 aromatic rings. The Morgan fingerprint density at radius 1 is 1.42 bits per heavy atom. The smallest absolute Gasteiger partial charge is 0.246 e. The molecule has 100 valence electrons. The van der Waals surface area contributed by atoms with Gasteiger partial charge in [-0.05, 0) is 31.0 Å². The molecule has 1 unspecified atom stereocenters. The lowest BCUT2D eigenvalue weighted by Crippen LogP contribution is -2.38. The summed E-state index contributed by atoms with van der Waals surface area (Å²) in [6.45, 7) is 0.126. The number of carbonyl (C=O) groups excluding carboxylic acids is 2. The Morgan fingerprint density at radius 3 is 2.95 bits per heavy atom. The van der Waals surface area contributed by atoms with Crippen molar-refractivity contribution in [2.75, 3.05) is 11.9 Å². The molecule has 1 fully saturated rings. The van der Waals surface area contributed by atoms with Crippen LogP contribution in [0.2, 0.25) is 5.02 Å². The third-order valence-electron chi connectivity index (χ3n) is 3.25. The van der Waals surface area contributed by atoms with E-state index in [-0.39, 0.29) is 18.4 Å². The minimum Gasteiger partial charge on any atom is -0.352 e. The van der Waals surface area contributed by atoms with Crippen molar-refractivity contribution < 1.29 is 9.59 Å². The van der Waals surface area contributed by atoms with Crippen molar-refractivity contribution in [3.05, 3.63) is 28.8 Å². The topological polar surface area (TPSA) is 70.2 Å². The Labute approximate surface area is 115 Å². The molecule has 1 atom stereocenters. The van der Waals surface area contributed by atoms with Gasteiger partial charge in [0.1, 0.15) is 6.04 Å². The molecule has 5 nitrogen and oxygen atoms in total. The average Bonchev–Trinajstić information content (AvgIpc) is 3.11. The quantitative estimate of drug-likeness (QED) is 0.776. The van der Waals surface area contributed by atoms with Crippen molar-refractivity contribution in [3.8, 4) is 0 Å². The first-order valence-electron chi connectivity index (χ1n) is 6.26. The Bertz CT molecular complexity index is 543. The molecular weight excluding hydrogens is 266 g/mol. The molecule has 6 heteroatoms. The maximum absolute atomic E-state index is 11.8. The molecule has 2 amide bonds. The Morgan fingerprint density at radius 2 is 2.21 bits per heavy atom. The van der Waals surface area contributed by atoms with Gasteiger partial charge in [0.25, 0.3) is 0 Å².